The van der Waals surface area contributed by atoms with Crippen molar-refractivity contribution in [3.63, 3.8) is 0 Å². The van der Waals surface area contributed by atoms with Gasteiger partial charge in [0.05, 0.1) is 18.8 Å². The van der Waals surface area contributed by atoms with Crippen LogP contribution in [0.25, 0.3) is 0 Å². The quantitative estimate of drug-likeness (QED) is 0.828. The number of benzene rings is 1. The molecule has 0 aliphatic carbocycles. The van der Waals surface area contributed by atoms with Crippen LogP contribution in [-0.2, 0) is 17.3 Å². The maximum atomic E-state index is 12.9. The van der Waals surface area contributed by atoms with Crippen LogP contribution in [0.5, 0.6) is 5.75 Å². The number of aryl methyl sites for hydroxylation is 1. The molecule has 1 atom stereocenters. The summed E-state index contributed by atoms with van der Waals surface area (Å²) in [6.45, 7) is 2.71. The molecule has 1 unspecified atom stereocenters. The first-order chi connectivity index (χ1) is 8.50. The number of halogens is 3. The Bertz CT molecular complexity index is 409. The van der Waals surface area contributed by atoms with Crippen molar-refractivity contribution in [2.45, 2.75) is 32.0 Å². The Hall–Kier alpha value is -1.23. The van der Waals surface area contributed by atoms with Crippen molar-refractivity contribution >= 4 is 0 Å². The smallest absolute Gasteiger partial charge is 0.419 e. The van der Waals surface area contributed by atoms with Gasteiger partial charge in [-0.15, -0.1) is 0 Å². The Balaban J connectivity index is 2.27. The Labute approximate surface area is 104 Å². The van der Waals surface area contributed by atoms with Crippen molar-refractivity contribution in [3.8, 4) is 5.75 Å². The van der Waals surface area contributed by atoms with Crippen molar-refractivity contribution < 1.29 is 22.6 Å². The standard InChI is InChI=1S/C13H15F3O2/c1-2-9-3-4-12(11(7-9)13(14,15)16)18-10-5-6-17-8-10/h3-4,7,10H,2,5-6,8H2,1H3. The van der Waals surface area contributed by atoms with Crippen molar-refractivity contribution in [3.05, 3.63) is 29.3 Å². The van der Waals surface area contributed by atoms with Crippen molar-refractivity contribution in [2.24, 2.45) is 0 Å². The molecule has 2 nitrogen and oxygen atoms in total. The minimum atomic E-state index is -4.39. The van der Waals surface area contributed by atoms with Gasteiger partial charge in [-0.2, -0.15) is 13.2 Å². The zero-order valence-corrected chi connectivity index (χ0v) is 10.1. The summed E-state index contributed by atoms with van der Waals surface area (Å²) in [6, 6.07) is 4.23. The predicted molar refractivity (Wildman–Crippen MR) is 60.7 cm³/mol. The van der Waals surface area contributed by atoms with E-state index >= 15 is 0 Å². The zero-order chi connectivity index (χ0) is 13.2. The molecule has 0 bridgehead atoms. The number of hydrogen-bond acceptors (Lipinski definition) is 2. The molecule has 1 fully saturated rings. The van der Waals surface area contributed by atoms with Crippen LogP contribution in [0.15, 0.2) is 18.2 Å². The molecule has 1 heterocycles. The van der Waals surface area contributed by atoms with E-state index in [1.807, 2.05) is 6.92 Å². The first-order valence-corrected chi connectivity index (χ1v) is 5.95. The molecule has 18 heavy (non-hydrogen) atoms. The molecule has 1 aliphatic rings. The van der Waals surface area contributed by atoms with Crippen LogP contribution in [0.4, 0.5) is 13.2 Å². The first-order valence-electron chi connectivity index (χ1n) is 5.95. The van der Waals surface area contributed by atoms with Crippen LogP contribution in [0.3, 0.4) is 0 Å². The number of rotatable bonds is 3. The molecule has 0 spiro atoms. The second-order valence-corrected chi connectivity index (χ2v) is 4.29. The molecule has 100 valence electrons. The van der Waals surface area contributed by atoms with E-state index in [1.165, 1.54) is 6.07 Å². The molecule has 0 radical (unpaired) electrons. The summed E-state index contributed by atoms with van der Waals surface area (Å²) in [5.41, 5.74) is -0.0499. The second kappa shape index (κ2) is 5.18. The Morgan fingerprint density at radius 1 is 1.39 bits per heavy atom. The van der Waals surface area contributed by atoms with Gasteiger partial charge in [0.2, 0.25) is 0 Å². The highest BCUT2D eigenvalue weighted by atomic mass is 19.4. The van der Waals surface area contributed by atoms with Crippen molar-refractivity contribution in [2.75, 3.05) is 13.2 Å². The molecule has 2 rings (SSSR count). The van der Waals surface area contributed by atoms with Gasteiger partial charge in [-0.05, 0) is 24.1 Å². The summed E-state index contributed by atoms with van der Waals surface area (Å²) < 4.78 is 49.3. The molecule has 0 saturated carbocycles. The van der Waals surface area contributed by atoms with E-state index in [2.05, 4.69) is 0 Å². The highest BCUT2D eigenvalue weighted by molar-refractivity contribution is 5.39. The van der Waals surface area contributed by atoms with Gasteiger partial charge < -0.3 is 9.47 Å². The minimum Gasteiger partial charge on any atom is -0.487 e. The maximum Gasteiger partial charge on any atom is 0.419 e. The van der Waals surface area contributed by atoms with E-state index in [0.29, 0.717) is 31.6 Å². The lowest BCUT2D eigenvalue weighted by Crippen LogP contribution is -2.18. The van der Waals surface area contributed by atoms with Crippen molar-refractivity contribution in [1.29, 1.82) is 0 Å². The largest absolute Gasteiger partial charge is 0.487 e. The molecular formula is C13H15F3O2. The Kier molecular flexibility index (Phi) is 3.80. The van der Waals surface area contributed by atoms with Crippen LogP contribution >= 0.6 is 0 Å². The van der Waals surface area contributed by atoms with E-state index < -0.39 is 11.7 Å². The van der Waals surface area contributed by atoms with Crippen LogP contribution in [0, 0.1) is 0 Å². The van der Waals surface area contributed by atoms with Gasteiger partial charge in [0.25, 0.3) is 0 Å². The van der Waals surface area contributed by atoms with Crippen LogP contribution in [-0.4, -0.2) is 19.3 Å². The third-order valence-electron chi connectivity index (χ3n) is 2.94. The Morgan fingerprint density at radius 2 is 2.17 bits per heavy atom. The molecule has 1 aliphatic heterocycles. The summed E-state index contributed by atoms with van der Waals surface area (Å²) in [5, 5.41) is 0. The molecule has 0 N–H and O–H groups in total. The summed E-state index contributed by atoms with van der Waals surface area (Å²) in [4.78, 5) is 0. The highest BCUT2D eigenvalue weighted by Crippen LogP contribution is 2.37. The molecular weight excluding hydrogens is 245 g/mol. The first kappa shape index (κ1) is 13.2. The van der Waals surface area contributed by atoms with Gasteiger partial charge in [-0.3, -0.25) is 0 Å². The lowest BCUT2D eigenvalue weighted by molar-refractivity contribution is -0.139. The van der Waals surface area contributed by atoms with E-state index in [-0.39, 0.29) is 11.9 Å². The monoisotopic (exact) mass is 260 g/mol. The lowest BCUT2D eigenvalue weighted by Gasteiger charge is -2.18. The molecule has 1 aromatic rings. The summed E-state index contributed by atoms with van der Waals surface area (Å²) >= 11 is 0. The fourth-order valence-electron chi connectivity index (χ4n) is 1.91. The third-order valence-corrected chi connectivity index (χ3v) is 2.94. The summed E-state index contributed by atoms with van der Waals surface area (Å²) in [7, 11) is 0. The molecule has 5 heteroatoms. The fourth-order valence-corrected chi connectivity index (χ4v) is 1.91. The Morgan fingerprint density at radius 3 is 2.72 bits per heavy atom. The number of ether oxygens (including phenoxy) is 2. The molecule has 0 amide bonds. The highest BCUT2D eigenvalue weighted by Gasteiger charge is 2.35. The van der Waals surface area contributed by atoms with Gasteiger partial charge in [0.1, 0.15) is 11.9 Å². The van der Waals surface area contributed by atoms with E-state index in [1.54, 1.807) is 6.07 Å². The minimum absolute atomic E-state index is 0.102. The number of alkyl halides is 3. The molecule has 0 aromatic heterocycles. The second-order valence-electron chi connectivity index (χ2n) is 4.29. The van der Waals surface area contributed by atoms with Crippen LogP contribution < -0.4 is 4.74 Å². The average Bonchev–Trinajstić information content (AvgIpc) is 2.81. The van der Waals surface area contributed by atoms with Crippen LogP contribution in [0.1, 0.15) is 24.5 Å². The van der Waals surface area contributed by atoms with Crippen LogP contribution in [0.2, 0.25) is 0 Å². The van der Waals surface area contributed by atoms with Gasteiger partial charge in [0.15, 0.2) is 0 Å². The zero-order valence-electron chi connectivity index (χ0n) is 10.1. The van der Waals surface area contributed by atoms with E-state index in [4.69, 9.17) is 9.47 Å². The SMILES string of the molecule is CCc1ccc(OC2CCOC2)c(C(F)(F)F)c1. The average molecular weight is 260 g/mol. The molecule has 1 saturated heterocycles. The topological polar surface area (TPSA) is 18.5 Å². The van der Waals surface area contributed by atoms with Gasteiger partial charge >= 0.3 is 6.18 Å². The maximum absolute atomic E-state index is 12.9. The lowest BCUT2D eigenvalue weighted by atomic mass is 10.1. The number of hydrogen-bond donors (Lipinski definition) is 0. The summed E-state index contributed by atoms with van der Waals surface area (Å²) in [6.07, 6.45) is -3.47. The van der Waals surface area contributed by atoms with E-state index in [9.17, 15) is 13.2 Å². The van der Waals surface area contributed by atoms with Gasteiger partial charge in [-0.25, -0.2) is 0 Å². The third kappa shape index (κ3) is 2.96. The normalized spacial score (nSPS) is 20.1. The van der Waals surface area contributed by atoms with Gasteiger partial charge in [-0.1, -0.05) is 13.0 Å². The fraction of sp³-hybridized carbons (Fsp3) is 0.538. The van der Waals surface area contributed by atoms with E-state index in [0.717, 1.165) is 6.07 Å². The molecule has 1 aromatic carbocycles. The predicted octanol–water partition coefficient (Wildman–Crippen LogP) is 3.44. The van der Waals surface area contributed by atoms with Gasteiger partial charge in [0, 0.05) is 6.42 Å². The summed E-state index contributed by atoms with van der Waals surface area (Å²) in [5.74, 6) is -0.102. The van der Waals surface area contributed by atoms with Crippen molar-refractivity contribution in [1.82, 2.24) is 0 Å².